The summed E-state index contributed by atoms with van der Waals surface area (Å²) in [5, 5.41) is 7.42. The summed E-state index contributed by atoms with van der Waals surface area (Å²) in [5.74, 6) is 0.0225. The molecule has 0 amide bonds. The third-order valence-corrected chi connectivity index (χ3v) is 3.15. The molecule has 2 nitrogen and oxygen atoms in total. The Morgan fingerprint density at radius 1 is 1.12 bits per heavy atom. The summed E-state index contributed by atoms with van der Waals surface area (Å²) in [6.45, 7) is 3.24. The van der Waals surface area contributed by atoms with Crippen molar-refractivity contribution in [3.63, 3.8) is 0 Å². The van der Waals surface area contributed by atoms with Crippen molar-refractivity contribution < 1.29 is 9.90 Å². The van der Waals surface area contributed by atoms with Gasteiger partial charge < -0.3 is 5.11 Å². The van der Waals surface area contributed by atoms with Gasteiger partial charge in [-0.05, 0) is 31.2 Å². The Kier molecular flexibility index (Phi) is 5.75. The van der Waals surface area contributed by atoms with Crippen LogP contribution in [0.1, 0.15) is 56.1 Å². The molecular weight excluding hydrogens is 212 g/mol. The summed E-state index contributed by atoms with van der Waals surface area (Å²) in [7, 11) is 0. The van der Waals surface area contributed by atoms with E-state index in [9.17, 15) is 0 Å². The third kappa shape index (κ3) is 5.53. The molecule has 0 heterocycles. The monoisotopic (exact) mass is 234 g/mol. The zero-order chi connectivity index (χ0) is 12.7. The highest BCUT2D eigenvalue weighted by atomic mass is 16.4. The van der Waals surface area contributed by atoms with Gasteiger partial charge in [-0.2, -0.15) is 0 Å². The van der Waals surface area contributed by atoms with Gasteiger partial charge in [-0.3, -0.25) is 4.79 Å². The second kappa shape index (κ2) is 7.10. The SMILES string of the molecule is CC(=O)O.Cc1ccc(C2CCCCC2)cc1. The molecule has 0 unspecified atom stereocenters. The first-order chi connectivity index (χ1) is 8.09. The van der Waals surface area contributed by atoms with Crippen LogP contribution in [-0.2, 0) is 4.79 Å². The van der Waals surface area contributed by atoms with Gasteiger partial charge in [0.2, 0.25) is 0 Å². The number of hydrogen-bond donors (Lipinski definition) is 1. The Bertz CT molecular complexity index is 330. The predicted molar refractivity (Wildman–Crippen MR) is 70.3 cm³/mol. The fraction of sp³-hybridized carbons (Fsp3) is 0.533. The quantitative estimate of drug-likeness (QED) is 0.793. The lowest BCUT2D eigenvalue weighted by Crippen LogP contribution is -2.04. The smallest absolute Gasteiger partial charge is 0.300 e. The predicted octanol–water partition coefficient (Wildman–Crippen LogP) is 4.13. The molecule has 1 saturated carbocycles. The summed E-state index contributed by atoms with van der Waals surface area (Å²) in [6.07, 6.45) is 7.12. The Morgan fingerprint density at radius 3 is 2.06 bits per heavy atom. The molecule has 1 aliphatic carbocycles. The standard InChI is InChI=1S/C13H18.C2H4O2/c1-11-7-9-13(10-8-11)12-5-3-2-4-6-12;1-2(3)4/h7-10,12H,2-6H2,1H3;1H3,(H,3,4). The summed E-state index contributed by atoms with van der Waals surface area (Å²) < 4.78 is 0. The number of aryl methyl sites for hydroxylation is 1. The van der Waals surface area contributed by atoms with E-state index in [2.05, 4.69) is 31.2 Å². The van der Waals surface area contributed by atoms with Gasteiger partial charge in [0, 0.05) is 6.92 Å². The van der Waals surface area contributed by atoms with Crippen molar-refractivity contribution in [3.8, 4) is 0 Å². The molecule has 0 atom stereocenters. The van der Waals surface area contributed by atoms with Gasteiger partial charge in [0.25, 0.3) is 5.97 Å². The third-order valence-electron chi connectivity index (χ3n) is 3.15. The van der Waals surface area contributed by atoms with Gasteiger partial charge in [0.15, 0.2) is 0 Å². The number of hydrogen-bond acceptors (Lipinski definition) is 1. The highest BCUT2D eigenvalue weighted by molar-refractivity contribution is 5.62. The van der Waals surface area contributed by atoms with Crippen LogP contribution < -0.4 is 0 Å². The Morgan fingerprint density at radius 2 is 1.59 bits per heavy atom. The highest BCUT2D eigenvalue weighted by Crippen LogP contribution is 2.32. The maximum atomic E-state index is 9.00. The van der Waals surface area contributed by atoms with Crippen molar-refractivity contribution >= 4 is 5.97 Å². The molecule has 0 radical (unpaired) electrons. The minimum absolute atomic E-state index is 0.833. The van der Waals surface area contributed by atoms with E-state index in [0.717, 1.165) is 12.8 Å². The summed E-state index contributed by atoms with van der Waals surface area (Å²) in [4.78, 5) is 9.00. The van der Waals surface area contributed by atoms with Crippen molar-refractivity contribution in [2.45, 2.75) is 51.9 Å². The Balaban J connectivity index is 0.000000317. The van der Waals surface area contributed by atoms with Crippen LogP contribution in [0.3, 0.4) is 0 Å². The summed E-state index contributed by atoms with van der Waals surface area (Å²) in [5.41, 5.74) is 2.94. The van der Waals surface area contributed by atoms with Gasteiger partial charge in [0.05, 0.1) is 0 Å². The first kappa shape index (κ1) is 13.8. The molecule has 0 saturated heterocycles. The molecule has 2 heteroatoms. The zero-order valence-electron chi connectivity index (χ0n) is 10.8. The summed E-state index contributed by atoms with van der Waals surface area (Å²) >= 11 is 0. The summed E-state index contributed by atoms with van der Waals surface area (Å²) in [6, 6.07) is 9.10. The molecule has 1 aliphatic rings. The molecule has 1 fully saturated rings. The normalized spacial score (nSPS) is 15.9. The van der Waals surface area contributed by atoms with Crippen LogP contribution in [0.2, 0.25) is 0 Å². The average molecular weight is 234 g/mol. The number of carboxylic acids is 1. The first-order valence-electron chi connectivity index (χ1n) is 6.35. The maximum Gasteiger partial charge on any atom is 0.300 e. The number of carbonyl (C=O) groups is 1. The lowest BCUT2D eigenvalue weighted by Gasteiger charge is -2.21. The lowest BCUT2D eigenvalue weighted by molar-refractivity contribution is -0.134. The fourth-order valence-corrected chi connectivity index (χ4v) is 2.27. The zero-order valence-corrected chi connectivity index (χ0v) is 10.8. The van der Waals surface area contributed by atoms with Gasteiger partial charge in [-0.15, -0.1) is 0 Å². The van der Waals surface area contributed by atoms with E-state index in [4.69, 9.17) is 9.90 Å². The molecule has 94 valence electrons. The van der Waals surface area contributed by atoms with E-state index in [1.54, 1.807) is 5.56 Å². The molecule has 17 heavy (non-hydrogen) atoms. The van der Waals surface area contributed by atoms with E-state index in [-0.39, 0.29) is 0 Å². The van der Waals surface area contributed by atoms with Crippen LogP contribution in [0.5, 0.6) is 0 Å². The van der Waals surface area contributed by atoms with Crippen LogP contribution in [0.15, 0.2) is 24.3 Å². The van der Waals surface area contributed by atoms with Crippen LogP contribution in [0.25, 0.3) is 0 Å². The molecule has 1 N–H and O–H groups in total. The molecule has 1 aromatic carbocycles. The van der Waals surface area contributed by atoms with Crippen molar-refractivity contribution in [3.05, 3.63) is 35.4 Å². The van der Waals surface area contributed by atoms with E-state index >= 15 is 0 Å². The molecule has 0 bridgehead atoms. The average Bonchev–Trinajstić information content (AvgIpc) is 2.30. The van der Waals surface area contributed by atoms with E-state index in [0.29, 0.717) is 0 Å². The van der Waals surface area contributed by atoms with Crippen LogP contribution in [0, 0.1) is 6.92 Å². The molecule has 2 rings (SSSR count). The van der Waals surface area contributed by atoms with Crippen LogP contribution in [0.4, 0.5) is 0 Å². The number of aliphatic carboxylic acids is 1. The van der Waals surface area contributed by atoms with E-state index in [1.165, 1.54) is 37.7 Å². The Labute approximate surface area is 104 Å². The van der Waals surface area contributed by atoms with Crippen LogP contribution in [-0.4, -0.2) is 11.1 Å². The van der Waals surface area contributed by atoms with Gasteiger partial charge in [0.1, 0.15) is 0 Å². The van der Waals surface area contributed by atoms with Gasteiger partial charge in [-0.1, -0.05) is 49.1 Å². The largest absolute Gasteiger partial charge is 0.481 e. The van der Waals surface area contributed by atoms with Crippen molar-refractivity contribution in [2.24, 2.45) is 0 Å². The van der Waals surface area contributed by atoms with Crippen molar-refractivity contribution in [1.82, 2.24) is 0 Å². The topological polar surface area (TPSA) is 37.3 Å². The lowest BCUT2D eigenvalue weighted by atomic mass is 9.84. The molecular formula is C15H22O2. The minimum atomic E-state index is -0.833. The number of carboxylic acid groups (broad SMARTS) is 1. The molecule has 0 aromatic heterocycles. The second-order valence-electron chi connectivity index (χ2n) is 4.76. The number of rotatable bonds is 1. The van der Waals surface area contributed by atoms with Crippen LogP contribution >= 0.6 is 0 Å². The van der Waals surface area contributed by atoms with E-state index in [1.807, 2.05) is 0 Å². The maximum absolute atomic E-state index is 9.00. The van der Waals surface area contributed by atoms with Crippen molar-refractivity contribution in [1.29, 1.82) is 0 Å². The fourth-order valence-electron chi connectivity index (χ4n) is 2.27. The molecule has 1 aromatic rings. The van der Waals surface area contributed by atoms with Crippen molar-refractivity contribution in [2.75, 3.05) is 0 Å². The van der Waals surface area contributed by atoms with E-state index < -0.39 is 5.97 Å². The molecule has 0 spiro atoms. The second-order valence-corrected chi connectivity index (χ2v) is 4.76. The highest BCUT2D eigenvalue weighted by Gasteiger charge is 2.14. The minimum Gasteiger partial charge on any atom is -0.481 e. The molecule has 0 aliphatic heterocycles. The van der Waals surface area contributed by atoms with Gasteiger partial charge in [-0.25, -0.2) is 0 Å². The Hall–Kier alpha value is -1.31. The number of benzene rings is 1. The first-order valence-corrected chi connectivity index (χ1v) is 6.35. The van der Waals surface area contributed by atoms with Gasteiger partial charge >= 0.3 is 0 Å².